The van der Waals surface area contributed by atoms with Gasteiger partial charge in [0, 0.05) is 24.2 Å². The standard InChI is InChI=1S/C21H22N4O3S/c26-20(16-4-2-1-3-5-16)13-22-21-12-19(23-14-24-21)15-6-10-18(11-7-15)29(27,28)25-17-8-9-17/h1-7,10-12,14,17,20,25-26H,8-9,13H2,(H,22,23,24). The molecule has 3 N–H and O–H groups in total. The van der Waals surface area contributed by atoms with Crippen molar-refractivity contribution in [3.63, 3.8) is 0 Å². The molecule has 2 aromatic carbocycles. The van der Waals surface area contributed by atoms with Crippen LogP contribution in [0.4, 0.5) is 5.82 Å². The van der Waals surface area contributed by atoms with Gasteiger partial charge in [0.15, 0.2) is 0 Å². The Morgan fingerprint density at radius 1 is 1.03 bits per heavy atom. The number of benzene rings is 2. The SMILES string of the molecule is O=S(=O)(NC1CC1)c1ccc(-c2cc(NCC(O)c3ccccc3)ncn2)cc1. The average Bonchev–Trinajstić information content (AvgIpc) is 3.56. The van der Waals surface area contributed by atoms with Crippen molar-refractivity contribution in [1.82, 2.24) is 14.7 Å². The Kier molecular flexibility index (Phi) is 5.57. The highest BCUT2D eigenvalue weighted by atomic mass is 32.2. The molecule has 1 aliphatic carbocycles. The predicted octanol–water partition coefficient (Wildman–Crippen LogP) is 2.73. The molecule has 150 valence electrons. The summed E-state index contributed by atoms with van der Waals surface area (Å²) in [6.07, 6.45) is 2.57. The summed E-state index contributed by atoms with van der Waals surface area (Å²) in [4.78, 5) is 8.70. The van der Waals surface area contributed by atoms with Gasteiger partial charge >= 0.3 is 0 Å². The van der Waals surface area contributed by atoms with E-state index in [9.17, 15) is 13.5 Å². The lowest BCUT2D eigenvalue weighted by molar-refractivity contribution is 0.191. The molecule has 1 saturated carbocycles. The number of anilines is 1. The van der Waals surface area contributed by atoms with Crippen molar-refractivity contribution in [2.75, 3.05) is 11.9 Å². The second-order valence-electron chi connectivity index (χ2n) is 7.02. The largest absolute Gasteiger partial charge is 0.387 e. The second kappa shape index (κ2) is 8.28. The van der Waals surface area contributed by atoms with Gasteiger partial charge in [-0.2, -0.15) is 0 Å². The first-order valence-corrected chi connectivity index (χ1v) is 10.9. The van der Waals surface area contributed by atoms with Gasteiger partial charge < -0.3 is 10.4 Å². The molecule has 3 aromatic rings. The number of hydrogen-bond donors (Lipinski definition) is 3. The van der Waals surface area contributed by atoms with Gasteiger partial charge in [-0.3, -0.25) is 0 Å². The first kappa shape index (κ1) is 19.5. The summed E-state index contributed by atoms with van der Waals surface area (Å²) in [6.45, 7) is 0.310. The number of nitrogens with zero attached hydrogens (tertiary/aromatic N) is 2. The van der Waals surface area contributed by atoms with E-state index in [-0.39, 0.29) is 10.9 Å². The van der Waals surface area contributed by atoms with Crippen LogP contribution in [0.2, 0.25) is 0 Å². The minimum atomic E-state index is -3.47. The van der Waals surface area contributed by atoms with Crippen LogP contribution in [0.1, 0.15) is 24.5 Å². The summed E-state index contributed by atoms with van der Waals surface area (Å²) in [5.74, 6) is 0.581. The van der Waals surface area contributed by atoms with Crippen molar-refractivity contribution in [2.45, 2.75) is 29.9 Å². The molecule has 1 atom stereocenters. The Morgan fingerprint density at radius 3 is 2.45 bits per heavy atom. The number of aliphatic hydroxyl groups excluding tert-OH is 1. The summed E-state index contributed by atoms with van der Waals surface area (Å²) < 4.78 is 27.2. The Morgan fingerprint density at radius 2 is 1.76 bits per heavy atom. The Bertz CT molecular complexity index is 1070. The smallest absolute Gasteiger partial charge is 0.240 e. The van der Waals surface area contributed by atoms with Crippen LogP contribution in [0, 0.1) is 0 Å². The van der Waals surface area contributed by atoms with E-state index >= 15 is 0 Å². The van der Waals surface area contributed by atoms with Gasteiger partial charge in [-0.15, -0.1) is 0 Å². The highest BCUT2D eigenvalue weighted by Crippen LogP contribution is 2.24. The molecule has 1 aromatic heterocycles. The molecule has 1 aliphatic rings. The fourth-order valence-electron chi connectivity index (χ4n) is 2.90. The van der Waals surface area contributed by atoms with Crippen LogP contribution in [0.3, 0.4) is 0 Å². The quantitative estimate of drug-likeness (QED) is 0.527. The van der Waals surface area contributed by atoms with Crippen molar-refractivity contribution < 1.29 is 13.5 Å². The first-order chi connectivity index (χ1) is 14.0. The van der Waals surface area contributed by atoms with E-state index in [0.717, 1.165) is 24.0 Å². The van der Waals surface area contributed by atoms with Crippen molar-refractivity contribution in [1.29, 1.82) is 0 Å². The molecule has 0 amide bonds. The van der Waals surface area contributed by atoms with Crippen molar-refractivity contribution in [3.05, 3.63) is 72.6 Å². The van der Waals surface area contributed by atoms with E-state index in [1.807, 2.05) is 30.3 Å². The fourth-order valence-corrected chi connectivity index (χ4v) is 4.20. The lowest BCUT2D eigenvalue weighted by atomic mass is 10.1. The maximum absolute atomic E-state index is 12.3. The molecular weight excluding hydrogens is 388 g/mol. The molecule has 1 fully saturated rings. The topological polar surface area (TPSA) is 104 Å². The van der Waals surface area contributed by atoms with Crippen LogP contribution < -0.4 is 10.0 Å². The number of nitrogens with one attached hydrogen (secondary N) is 2. The minimum Gasteiger partial charge on any atom is -0.387 e. The first-order valence-electron chi connectivity index (χ1n) is 9.43. The number of rotatable bonds is 8. The zero-order valence-electron chi connectivity index (χ0n) is 15.7. The molecule has 8 heteroatoms. The molecule has 0 aliphatic heterocycles. The zero-order valence-corrected chi connectivity index (χ0v) is 16.5. The highest BCUT2D eigenvalue weighted by Gasteiger charge is 2.27. The summed E-state index contributed by atoms with van der Waals surface area (Å²) in [5.41, 5.74) is 2.27. The Hall–Kier alpha value is -2.81. The lowest BCUT2D eigenvalue weighted by Crippen LogP contribution is -2.25. The molecule has 1 unspecified atom stereocenters. The van der Waals surface area contributed by atoms with Crippen LogP contribution in [0.15, 0.2) is 71.9 Å². The molecular formula is C21H22N4O3S. The fraction of sp³-hybridized carbons (Fsp3) is 0.238. The van der Waals surface area contributed by atoms with E-state index in [4.69, 9.17) is 0 Å². The van der Waals surface area contributed by atoms with Crippen molar-refractivity contribution in [2.24, 2.45) is 0 Å². The maximum Gasteiger partial charge on any atom is 0.240 e. The lowest BCUT2D eigenvalue weighted by Gasteiger charge is -2.13. The molecule has 0 radical (unpaired) electrons. The van der Waals surface area contributed by atoms with Gasteiger partial charge in [-0.1, -0.05) is 42.5 Å². The van der Waals surface area contributed by atoms with Crippen LogP contribution in [-0.2, 0) is 10.0 Å². The minimum absolute atomic E-state index is 0.0708. The third-order valence-corrected chi connectivity index (χ3v) is 6.22. The summed E-state index contributed by atoms with van der Waals surface area (Å²) in [7, 11) is -3.47. The second-order valence-corrected chi connectivity index (χ2v) is 8.73. The molecule has 29 heavy (non-hydrogen) atoms. The third kappa shape index (κ3) is 4.97. The zero-order chi connectivity index (χ0) is 20.3. The van der Waals surface area contributed by atoms with E-state index in [1.54, 1.807) is 30.3 Å². The van der Waals surface area contributed by atoms with Gasteiger partial charge in [0.1, 0.15) is 12.1 Å². The van der Waals surface area contributed by atoms with Crippen molar-refractivity contribution >= 4 is 15.8 Å². The van der Waals surface area contributed by atoms with E-state index in [0.29, 0.717) is 18.1 Å². The number of hydrogen-bond acceptors (Lipinski definition) is 6. The highest BCUT2D eigenvalue weighted by molar-refractivity contribution is 7.89. The summed E-state index contributed by atoms with van der Waals surface area (Å²) in [5, 5.41) is 13.4. The maximum atomic E-state index is 12.3. The Balaban J connectivity index is 1.44. The summed E-state index contributed by atoms with van der Waals surface area (Å²) >= 11 is 0. The van der Waals surface area contributed by atoms with Gasteiger partial charge in [-0.05, 0) is 30.5 Å². The summed E-state index contributed by atoms with van der Waals surface area (Å²) in [6, 6.07) is 17.8. The normalized spacial score (nSPS) is 15.1. The van der Waals surface area contributed by atoms with Crippen LogP contribution in [0.5, 0.6) is 0 Å². The van der Waals surface area contributed by atoms with Gasteiger partial charge in [0.05, 0.1) is 16.7 Å². The molecule has 0 spiro atoms. The monoisotopic (exact) mass is 410 g/mol. The molecule has 1 heterocycles. The van der Waals surface area contributed by atoms with Crippen molar-refractivity contribution in [3.8, 4) is 11.3 Å². The Labute approximate surface area is 169 Å². The van der Waals surface area contributed by atoms with Gasteiger partial charge in [-0.25, -0.2) is 23.1 Å². The molecule has 0 bridgehead atoms. The van der Waals surface area contributed by atoms with Crippen LogP contribution in [0.25, 0.3) is 11.3 Å². The molecule has 0 saturated heterocycles. The molecule has 7 nitrogen and oxygen atoms in total. The molecule has 4 rings (SSSR count). The van der Waals surface area contributed by atoms with Gasteiger partial charge in [0.25, 0.3) is 0 Å². The van der Waals surface area contributed by atoms with E-state index in [1.165, 1.54) is 6.33 Å². The van der Waals surface area contributed by atoms with Crippen LogP contribution >= 0.6 is 0 Å². The predicted molar refractivity (Wildman–Crippen MR) is 111 cm³/mol. The number of aromatic nitrogens is 2. The number of aliphatic hydroxyl groups is 1. The third-order valence-electron chi connectivity index (χ3n) is 4.69. The number of sulfonamides is 1. The van der Waals surface area contributed by atoms with Crippen LogP contribution in [-0.4, -0.2) is 36.1 Å². The van der Waals surface area contributed by atoms with E-state index < -0.39 is 16.1 Å². The average molecular weight is 410 g/mol. The van der Waals surface area contributed by atoms with E-state index in [2.05, 4.69) is 20.0 Å². The van der Waals surface area contributed by atoms with Gasteiger partial charge in [0.2, 0.25) is 10.0 Å².